The van der Waals surface area contributed by atoms with E-state index in [-0.39, 0.29) is 0 Å². The summed E-state index contributed by atoms with van der Waals surface area (Å²) in [5.74, 6) is 2.66. The van der Waals surface area contributed by atoms with E-state index in [0.717, 1.165) is 68.2 Å². The highest BCUT2D eigenvalue weighted by Gasteiger charge is 2.14. The molecule has 0 aliphatic carbocycles. The van der Waals surface area contributed by atoms with Crippen LogP contribution in [0.3, 0.4) is 0 Å². The van der Waals surface area contributed by atoms with Crippen molar-refractivity contribution >= 4 is 5.57 Å². The lowest BCUT2D eigenvalue weighted by atomic mass is 10.0. The van der Waals surface area contributed by atoms with Crippen molar-refractivity contribution in [3.8, 4) is 67.8 Å². The fourth-order valence-electron chi connectivity index (χ4n) is 5.70. The molecule has 2 aromatic heterocycles. The molecule has 0 atom stereocenters. The minimum atomic E-state index is 0.637. The zero-order valence-electron chi connectivity index (χ0n) is 27.5. The third-order valence-electron chi connectivity index (χ3n) is 8.18. The first-order valence-electron chi connectivity index (χ1n) is 16.5. The van der Waals surface area contributed by atoms with Gasteiger partial charge in [0.25, 0.3) is 0 Å². The summed E-state index contributed by atoms with van der Waals surface area (Å²) in [5.41, 5.74) is 9.94. The largest absolute Gasteiger partial charge is 0.228 e. The zero-order chi connectivity index (χ0) is 33.4. The molecule has 0 fully saturated rings. The van der Waals surface area contributed by atoms with Crippen molar-refractivity contribution in [2.75, 3.05) is 0 Å². The minimum Gasteiger partial charge on any atom is -0.228 e. The Morgan fingerprint density at radius 1 is 0.449 bits per heavy atom. The Labute approximate surface area is 287 Å². The summed E-state index contributed by atoms with van der Waals surface area (Å²) in [7, 11) is 0. The van der Waals surface area contributed by atoms with Crippen molar-refractivity contribution in [2.24, 2.45) is 0 Å². The number of allylic oxidation sites excluding steroid dienone is 4. The molecule has 0 amide bonds. The highest BCUT2D eigenvalue weighted by atomic mass is 15.0. The van der Waals surface area contributed by atoms with Gasteiger partial charge in [-0.2, -0.15) is 0 Å². The first-order valence-corrected chi connectivity index (χ1v) is 16.5. The zero-order valence-corrected chi connectivity index (χ0v) is 27.5. The molecule has 0 saturated carbocycles. The lowest BCUT2D eigenvalue weighted by Crippen LogP contribution is -2.00. The van der Waals surface area contributed by atoms with Crippen molar-refractivity contribution in [3.05, 3.63) is 170 Å². The molecule has 0 radical (unpaired) electrons. The van der Waals surface area contributed by atoms with E-state index >= 15 is 0 Å². The van der Waals surface area contributed by atoms with Gasteiger partial charge in [-0.3, -0.25) is 0 Å². The van der Waals surface area contributed by atoms with Crippen LogP contribution in [0.25, 0.3) is 73.4 Å². The standard InChI is InChI=1S/C44H35N5/c1-3-14-35(15-4-2)41-45-39(33-16-8-5-9-17-33)30-40(46-41)34-26-22-31(23-27-34)32-24-28-38(29-25-32)44-48-42(36-18-10-6-11-19-36)47-43(49-44)37-20-12-7-13-21-37/h3,5-30H,4H2,1-2H3/b14-3-,35-15+. The van der Waals surface area contributed by atoms with E-state index in [1.165, 1.54) is 0 Å². The van der Waals surface area contributed by atoms with Gasteiger partial charge in [0.1, 0.15) is 0 Å². The van der Waals surface area contributed by atoms with Crippen LogP contribution in [0.1, 0.15) is 26.1 Å². The molecule has 5 heteroatoms. The smallest absolute Gasteiger partial charge is 0.164 e. The van der Waals surface area contributed by atoms with Gasteiger partial charge in [-0.05, 0) is 30.5 Å². The molecule has 5 nitrogen and oxygen atoms in total. The molecule has 7 aromatic rings. The Morgan fingerprint density at radius 2 is 0.816 bits per heavy atom. The van der Waals surface area contributed by atoms with Gasteiger partial charge in [0.05, 0.1) is 11.4 Å². The van der Waals surface area contributed by atoms with E-state index < -0.39 is 0 Å². The summed E-state index contributed by atoms with van der Waals surface area (Å²) in [6, 6.07) is 49.4. The van der Waals surface area contributed by atoms with Gasteiger partial charge in [-0.1, -0.05) is 165 Å². The van der Waals surface area contributed by atoms with Crippen LogP contribution < -0.4 is 0 Å². The van der Waals surface area contributed by atoms with E-state index in [1.807, 2.05) is 91.9 Å². The molecule has 0 N–H and O–H groups in total. The van der Waals surface area contributed by atoms with Crippen LogP contribution in [0, 0.1) is 0 Å². The van der Waals surface area contributed by atoms with Crippen molar-refractivity contribution in [2.45, 2.75) is 20.3 Å². The third-order valence-corrected chi connectivity index (χ3v) is 8.18. The van der Waals surface area contributed by atoms with Gasteiger partial charge >= 0.3 is 0 Å². The van der Waals surface area contributed by atoms with Crippen molar-refractivity contribution in [1.82, 2.24) is 24.9 Å². The van der Waals surface area contributed by atoms with Crippen LogP contribution in [0.2, 0.25) is 0 Å². The topological polar surface area (TPSA) is 64.5 Å². The highest BCUT2D eigenvalue weighted by Crippen LogP contribution is 2.30. The molecule has 2 heterocycles. The van der Waals surface area contributed by atoms with E-state index in [4.69, 9.17) is 24.9 Å². The maximum Gasteiger partial charge on any atom is 0.164 e. The van der Waals surface area contributed by atoms with Crippen LogP contribution in [0.15, 0.2) is 164 Å². The summed E-state index contributed by atoms with van der Waals surface area (Å²) in [6.45, 7) is 4.15. The number of hydrogen-bond acceptors (Lipinski definition) is 5. The fraction of sp³-hybridized carbons (Fsp3) is 0.0682. The summed E-state index contributed by atoms with van der Waals surface area (Å²) in [6.07, 6.45) is 7.18. The molecule has 0 unspecified atom stereocenters. The molecule has 0 bridgehead atoms. The van der Waals surface area contributed by atoms with Gasteiger partial charge in [0.15, 0.2) is 23.3 Å². The Bertz CT molecular complexity index is 2170. The van der Waals surface area contributed by atoms with Gasteiger partial charge in [0, 0.05) is 33.4 Å². The van der Waals surface area contributed by atoms with Crippen LogP contribution in [-0.2, 0) is 0 Å². The SMILES string of the molecule is C/C=C\C(=C/CC)c1nc(-c2ccccc2)cc(-c2ccc(-c3ccc(-c4nc(-c5ccccc5)nc(-c5ccccc5)n4)cc3)cc2)n1. The van der Waals surface area contributed by atoms with Crippen LogP contribution in [0.4, 0.5) is 0 Å². The van der Waals surface area contributed by atoms with E-state index in [9.17, 15) is 0 Å². The normalized spacial score (nSPS) is 11.6. The van der Waals surface area contributed by atoms with E-state index in [0.29, 0.717) is 17.5 Å². The summed E-state index contributed by atoms with van der Waals surface area (Å²) in [4.78, 5) is 24.6. The van der Waals surface area contributed by atoms with Crippen molar-refractivity contribution in [1.29, 1.82) is 0 Å². The summed E-state index contributed by atoms with van der Waals surface area (Å²) >= 11 is 0. The first kappa shape index (κ1) is 31.3. The lowest BCUT2D eigenvalue weighted by Gasteiger charge is -2.11. The second kappa shape index (κ2) is 14.6. The van der Waals surface area contributed by atoms with Crippen LogP contribution in [0.5, 0.6) is 0 Å². The highest BCUT2D eigenvalue weighted by molar-refractivity contribution is 5.77. The molecule has 0 aliphatic rings. The average Bonchev–Trinajstić information content (AvgIpc) is 3.18. The van der Waals surface area contributed by atoms with Gasteiger partial charge in [0.2, 0.25) is 0 Å². The number of benzene rings is 5. The second-order valence-electron chi connectivity index (χ2n) is 11.6. The Kier molecular flexibility index (Phi) is 9.33. The van der Waals surface area contributed by atoms with Crippen LogP contribution in [-0.4, -0.2) is 24.9 Å². The summed E-state index contributed by atoms with van der Waals surface area (Å²) < 4.78 is 0. The van der Waals surface area contributed by atoms with Crippen molar-refractivity contribution in [3.63, 3.8) is 0 Å². The molecule has 236 valence electrons. The molecular formula is C44H35N5. The Hall–Kier alpha value is -6.33. The lowest BCUT2D eigenvalue weighted by molar-refractivity contribution is 1.07. The monoisotopic (exact) mass is 633 g/mol. The van der Waals surface area contributed by atoms with E-state index in [2.05, 4.69) is 85.8 Å². The Balaban J connectivity index is 1.21. The number of hydrogen-bond donors (Lipinski definition) is 0. The molecule has 0 aliphatic heterocycles. The average molecular weight is 634 g/mol. The third kappa shape index (κ3) is 7.16. The molecule has 0 saturated heterocycles. The van der Waals surface area contributed by atoms with Gasteiger partial charge < -0.3 is 0 Å². The van der Waals surface area contributed by atoms with Gasteiger partial charge in [-0.25, -0.2) is 24.9 Å². The number of nitrogens with zero attached hydrogens (tertiary/aromatic N) is 5. The molecule has 5 aromatic carbocycles. The molecule has 7 rings (SSSR count). The maximum atomic E-state index is 5.02. The van der Waals surface area contributed by atoms with Gasteiger partial charge in [-0.15, -0.1) is 0 Å². The predicted octanol–water partition coefficient (Wildman–Crippen LogP) is 11.0. The number of aromatic nitrogens is 5. The van der Waals surface area contributed by atoms with Crippen LogP contribution >= 0.6 is 0 Å². The second-order valence-corrected chi connectivity index (χ2v) is 11.6. The predicted molar refractivity (Wildman–Crippen MR) is 201 cm³/mol. The van der Waals surface area contributed by atoms with E-state index in [1.54, 1.807) is 0 Å². The Morgan fingerprint density at radius 3 is 1.24 bits per heavy atom. The number of rotatable bonds is 9. The quantitative estimate of drug-likeness (QED) is 0.148. The van der Waals surface area contributed by atoms with Crippen molar-refractivity contribution < 1.29 is 0 Å². The minimum absolute atomic E-state index is 0.637. The molecular weight excluding hydrogens is 599 g/mol. The molecule has 49 heavy (non-hydrogen) atoms. The summed E-state index contributed by atoms with van der Waals surface area (Å²) in [5, 5.41) is 0. The fourth-order valence-corrected chi connectivity index (χ4v) is 5.70. The maximum absolute atomic E-state index is 5.02. The molecule has 0 spiro atoms. The first-order chi connectivity index (χ1) is 24.2.